The molecule has 1 aromatic heterocycles. The van der Waals surface area contributed by atoms with Crippen molar-refractivity contribution < 1.29 is 37.0 Å². The van der Waals surface area contributed by atoms with E-state index in [-0.39, 0.29) is 49.5 Å². The van der Waals surface area contributed by atoms with Crippen molar-refractivity contribution in [1.29, 1.82) is 0 Å². The van der Waals surface area contributed by atoms with E-state index in [4.69, 9.17) is 30.8 Å². The van der Waals surface area contributed by atoms with E-state index in [1.165, 1.54) is 23.1 Å². The number of hydrogen-bond acceptors (Lipinski definition) is 10. The normalized spacial score (nSPS) is 20.4. The van der Waals surface area contributed by atoms with Crippen LogP contribution in [0, 0.1) is 5.92 Å². The first kappa shape index (κ1) is 41.4. The highest BCUT2D eigenvalue weighted by Crippen LogP contribution is 2.45. The van der Waals surface area contributed by atoms with Gasteiger partial charge in [0.2, 0.25) is 11.8 Å². The van der Waals surface area contributed by atoms with Crippen LogP contribution in [0.25, 0.3) is 22.2 Å². The van der Waals surface area contributed by atoms with E-state index >= 15 is 0 Å². The molecule has 1 saturated carbocycles. The number of likely N-dealkylation sites (tertiary alicyclic amines) is 1. The number of nitrogens with zero attached hydrogens (tertiary/aromatic N) is 2. The second-order valence-corrected chi connectivity index (χ2v) is 16.6. The minimum atomic E-state index is -4.25. The molecule has 2 heterocycles. The van der Waals surface area contributed by atoms with Gasteiger partial charge in [0.1, 0.15) is 29.2 Å². The molecule has 1 aliphatic carbocycles. The lowest BCUT2D eigenvalue weighted by Gasteiger charge is -2.26. The van der Waals surface area contributed by atoms with Crippen molar-refractivity contribution in [2.45, 2.75) is 40.8 Å². The molecule has 306 valence electrons. The predicted octanol–water partition coefficient (Wildman–Crippen LogP) is 5.37. The number of hydrogen-bond donors (Lipinski definition) is 3. The van der Waals surface area contributed by atoms with Gasteiger partial charge in [-0.15, -0.1) is 18.2 Å². The van der Waals surface area contributed by atoms with Crippen molar-refractivity contribution in [2.75, 3.05) is 33.5 Å². The van der Waals surface area contributed by atoms with Crippen LogP contribution >= 0.6 is 11.6 Å². The highest BCUT2D eigenvalue weighted by atomic mass is 35.5. The summed E-state index contributed by atoms with van der Waals surface area (Å²) in [7, 11) is -2.68. The Labute approximate surface area is 347 Å². The van der Waals surface area contributed by atoms with Gasteiger partial charge >= 0.3 is 0 Å². The molecule has 1 aliphatic heterocycles. The second-order valence-electron chi connectivity index (χ2n) is 14.4. The van der Waals surface area contributed by atoms with Gasteiger partial charge in [0, 0.05) is 35.4 Å². The third-order valence-electron chi connectivity index (χ3n) is 10.5. The summed E-state index contributed by atoms with van der Waals surface area (Å²) in [4.78, 5) is 48.1. The molecule has 5 aromatic rings. The summed E-state index contributed by atoms with van der Waals surface area (Å²) >= 11 is 6.49. The molecule has 13 nitrogen and oxygen atoms in total. The number of benzene rings is 4. The van der Waals surface area contributed by atoms with Crippen molar-refractivity contribution in [3.63, 3.8) is 0 Å². The number of amides is 3. The molecule has 5 atom stereocenters. The minimum absolute atomic E-state index is 0.0152. The standard InChI is InChI=1S/C44H44ClN5O8S/c1-3-31-24-44(31,43(53)49-59(54,55)34-17-11-6-12-18-34)48-42(52)39-22-33(26-50(39)41(51)25-46-28-57-27-36(45)29-13-7-4-8-14-29)58-40-23-37(30-15-9-5-10-16-30)47-38-21-32(56-2)19-20-35(38)40/h3-21,23,31,33,36,39,46H,1,22,24-28H2,2H3,(H,48,52)(H,49,53)/t31-,33-,36?,39+,44-/m1/s1. The highest BCUT2D eigenvalue weighted by molar-refractivity contribution is 7.90. The monoisotopic (exact) mass is 837 g/mol. The lowest BCUT2D eigenvalue weighted by atomic mass is 10.1. The van der Waals surface area contributed by atoms with Crippen LogP contribution in [0.4, 0.5) is 0 Å². The number of fused-ring (bicyclic) bond motifs is 1. The number of halogens is 1. The zero-order valence-corrected chi connectivity index (χ0v) is 33.8. The maximum Gasteiger partial charge on any atom is 0.264 e. The Morgan fingerprint density at radius 3 is 2.36 bits per heavy atom. The molecule has 1 saturated heterocycles. The predicted molar refractivity (Wildman–Crippen MR) is 223 cm³/mol. The summed E-state index contributed by atoms with van der Waals surface area (Å²) in [6, 6.07) is 32.7. The third-order valence-corrected chi connectivity index (χ3v) is 12.2. The molecule has 7 rings (SSSR count). The molecule has 59 heavy (non-hydrogen) atoms. The van der Waals surface area contributed by atoms with Gasteiger partial charge < -0.3 is 24.4 Å². The Kier molecular flexibility index (Phi) is 12.6. The molecule has 3 N–H and O–H groups in total. The summed E-state index contributed by atoms with van der Waals surface area (Å²) in [6.07, 6.45) is 1.03. The lowest BCUT2D eigenvalue weighted by molar-refractivity contribution is -0.139. The summed E-state index contributed by atoms with van der Waals surface area (Å²) in [6.45, 7) is 3.86. The number of ether oxygens (including phenoxy) is 3. The van der Waals surface area contributed by atoms with Crippen molar-refractivity contribution in [3.8, 4) is 22.8 Å². The smallest absolute Gasteiger partial charge is 0.264 e. The SMILES string of the molecule is C=C[C@@H]1C[C@]1(NC(=O)[C@@H]1C[C@@H](Oc2cc(-c3ccccc3)nc3cc(OC)ccc23)CN1C(=O)CNCOCC(Cl)c1ccccc1)C(=O)NS(=O)(=O)c1ccccc1. The molecule has 0 bridgehead atoms. The lowest BCUT2D eigenvalue weighted by Crippen LogP contribution is -2.56. The number of rotatable bonds is 17. The van der Waals surface area contributed by atoms with Crippen molar-refractivity contribution >= 4 is 50.2 Å². The quantitative estimate of drug-likeness (QED) is 0.0480. The third kappa shape index (κ3) is 9.42. The van der Waals surface area contributed by atoms with Gasteiger partial charge in [-0.25, -0.2) is 18.1 Å². The van der Waals surface area contributed by atoms with Crippen LogP contribution < -0.4 is 24.8 Å². The van der Waals surface area contributed by atoms with Crippen LogP contribution in [-0.4, -0.2) is 87.2 Å². The summed E-state index contributed by atoms with van der Waals surface area (Å²) in [5.74, 6) is -1.40. The maximum absolute atomic E-state index is 14.3. The number of pyridine rings is 1. The first-order valence-electron chi connectivity index (χ1n) is 19.1. The number of aromatic nitrogens is 1. The number of methoxy groups -OCH3 is 1. The summed E-state index contributed by atoms with van der Waals surface area (Å²) in [5.41, 5.74) is 1.44. The molecule has 0 radical (unpaired) electrons. The number of carbonyl (C=O) groups is 3. The molecule has 4 aromatic carbocycles. The van der Waals surface area contributed by atoms with E-state index in [0.29, 0.717) is 28.1 Å². The van der Waals surface area contributed by atoms with Gasteiger partial charge in [0.05, 0.1) is 55.0 Å². The molecule has 3 amide bonds. The van der Waals surface area contributed by atoms with E-state index in [0.717, 1.165) is 11.1 Å². The van der Waals surface area contributed by atoms with Crippen molar-refractivity contribution in [1.82, 2.24) is 25.2 Å². The zero-order valence-electron chi connectivity index (χ0n) is 32.3. The Balaban J connectivity index is 1.11. The minimum Gasteiger partial charge on any atom is -0.497 e. The van der Waals surface area contributed by atoms with Crippen LogP contribution in [-0.2, 0) is 29.1 Å². The molecule has 15 heteroatoms. The topological polar surface area (TPSA) is 165 Å². The summed E-state index contributed by atoms with van der Waals surface area (Å²) < 4.78 is 46.2. The van der Waals surface area contributed by atoms with Crippen LogP contribution in [0.15, 0.2) is 133 Å². The highest BCUT2D eigenvalue weighted by Gasteiger charge is 2.61. The molecule has 0 spiro atoms. The van der Waals surface area contributed by atoms with Crippen molar-refractivity contribution in [2.24, 2.45) is 5.92 Å². The fraction of sp³-hybridized carbons (Fsp3) is 0.273. The molecule has 2 fully saturated rings. The average molecular weight is 838 g/mol. The Hall–Kier alpha value is -5.80. The second kappa shape index (κ2) is 18.0. The van der Waals surface area contributed by atoms with Crippen LogP contribution in [0.5, 0.6) is 11.5 Å². The van der Waals surface area contributed by atoms with Crippen LogP contribution in [0.1, 0.15) is 23.8 Å². The number of carbonyl (C=O) groups excluding carboxylic acids is 3. The van der Waals surface area contributed by atoms with Gasteiger partial charge in [0.15, 0.2) is 0 Å². The number of sulfonamides is 1. The van der Waals surface area contributed by atoms with E-state index in [1.54, 1.807) is 31.4 Å². The fourth-order valence-electron chi connectivity index (χ4n) is 7.21. The first-order chi connectivity index (χ1) is 28.5. The van der Waals surface area contributed by atoms with E-state index < -0.39 is 51.3 Å². The van der Waals surface area contributed by atoms with Gasteiger partial charge in [-0.1, -0.05) is 84.9 Å². The average Bonchev–Trinajstić information content (AvgIpc) is 3.82. The van der Waals surface area contributed by atoms with Gasteiger partial charge in [-0.3, -0.25) is 19.7 Å². The van der Waals surface area contributed by atoms with E-state index in [9.17, 15) is 22.8 Å². The molecular formula is C44H44ClN5O8S. The van der Waals surface area contributed by atoms with Crippen LogP contribution in [0.2, 0.25) is 0 Å². The van der Waals surface area contributed by atoms with Gasteiger partial charge in [0.25, 0.3) is 15.9 Å². The summed E-state index contributed by atoms with van der Waals surface area (Å²) in [5, 5.41) is 6.10. The fourth-order valence-corrected chi connectivity index (χ4v) is 8.50. The van der Waals surface area contributed by atoms with E-state index in [2.05, 4.69) is 21.9 Å². The number of nitrogens with one attached hydrogen (secondary N) is 3. The van der Waals surface area contributed by atoms with Crippen LogP contribution in [0.3, 0.4) is 0 Å². The first-order valence-corrected chi connectivity index (χ1v) is 21.0. The van der Waals surface area contributed by atoms with Crippen molar-refractivity contribution in [3.05, 3.63) is 133 Å². The van der Waals surface area contributed by atoms with E-state index in [1.807, 2.05) is 78.9 Å². The maximum atomic E-state index is 14.3. The number of alkyl halides is 1. The van der Waals surface area contributed by atoms with Gasteiger partial charge in [-0.2, -0.15) is 0 Å². The Morgan fingerprint density at radius 1 is 0.983 bits per heavy atom. The molecule has 1 unspecified atom stereocenters. The molecule has 2 aliphatic rings. The zero-order chi connectivity index (χ0) is 41.6. The van der Waals surface area contributed by atoms with Gasteiger partial charge in [-0.05, 0) is 36.2 Å². The molecular weight excluding hydrogens is 794 g/mol. The Bertz CT molecular complexity index is 2430. The largest absolute Gasteiger partial charge is 0.497 e. The Morgan fingerprint density at radius 2 is 1.68 bits per heavy atom.